The Morgan fingerprint density at radius 3 is 2.68 bits per heavy atom. The summed E-state index contributed by atoms with van der Waals surface area (Å²) in [6.45, 7) is 1.72. The van der Waals surface area contributed by atoms with Gasteiger partial charge in [0, 0.05) is 37.2 Å². The van der Waals surface area contributed by atoms with Crippen LogP contribution in [0, 0.1) is 0 Å². The molecule has 0 unspecified atom stereocenters. The van der Waals surface area contributed by atoms with Crippen LogP contribution in [0.5, 0.6) is 5.75 Å². The van der Waals surface area contributed by atoms with E-state index in [2.05, 4.69) is 63.2 Å². The van der Waals surface area contributed by atoms with Crippen LogP contribution in [-0.2, 0) is 12.8 Å². The summed E-state index contributed by atoms with van der Waals surface area (Å²) in [5, 5.41) is 8.07. The highest BCUT2D eigenvalue weighted by molar-refractivity contribution is 14.0. The molecule has 3 rings (SSSR count). The van der Waals surface area contributed by atoms with Gasteiger partial charge in [-0.1, -0.05) is 30.3 Å². The number of methoxy groups -OCH3 is 1. The number of H-pyrrole nitrogens is 1. The van der Waals surface area contributed by atoms with Crippen LogP contribution in [0.2, 0.25) is 0 Å². The minimum atomic E-state index is 0. The van der Waals surface area contributed by atoms with Gasteiger partial charge >= 0.3 is 0 Å². The van der Waals surface area contributed by atoms with Crippen molar-refractivity contribution in [2.75, 3.05) is 27.2 Å². The molecule has 0 spiro atoms. The summed E-state index contributed by atoms with van der Waals surface area (Å²) in [6, 6.07) is 16.6. The number of hydrogen-bond acceptors (Lipinski definition) is 2. The first-order chi connectivity index (χ1) is 13.3. The van der Waals surface area contributed by atoms with E-state index in [1.165, 1.54) is 22.0 Å². The summed E-state index contributed by atoms with van der Waals surface area (Å²) in [5.74, 6) is 1.76. The Balaban J connectivity index is 0.00000280. The van der Waals surface area contributed by atoms with Gasteiger partial charge in [-0.3, -0.25) is 4.99 Å². The number of fused-ring (bicyclic) bond motifs is 1. The second kappa shape index (κ2) is 11.6. The Bertz CT molecular complexity index is 891. The number of aryl methyl sites for hydroxylation is 1. The fourth-order valence-electron chi connectivity index (χ4n) is 3.20. The molecule has 0 radical (unpaired) electrons. The van der Waals surface area contributed by atoms with Crippen molar-refractivity contribution in [3.8, 4) is 5.75 Å². The first kappa shape index (κ1) is 22.1. The average Bonchev–Trinajstić information content (AvgIpc) is 3.13. The number of nitrogens with one attached hydrogen (secondary N) is 3. The van der Waals surface area contributed by atoms with Crippen molar-refractivity contribution in [3.63, 3.8) is 0 Å². The standard InChI is InChI=1S/C22H28N4O.HI/c1-23-22(24-13-6-8-17-7-5-9-19(15-17)27-2)25-14-12-18-16-26-21-11-4-3-10-20(18)21;/h3-5,7,9-11,15-16,26H,6,8,12-14H2,1-2H3,(H2,23,24,25);1H. The van der Waals surface area contributed by atoms with Crippen molar-refractivity contribution in [1.29, 1.82) is 0 Å². The van der Waals surface area contributed by atoms with E-state index in [1.54, 1.807) is 7.11 Å². The number of aliphatic imine (C=N–C) groups is 1. The molecular weight excluding hydrogens is 463 g/mol. The van der Waals surface area contributed by atoms with Gasteiger partial charge in [0.15, 0.2) is 5.96 Å². The van der Waals surface area contributed by atoms with Crippen molar-refractivity contribution in [3.05, 3.63) is 65.9 Å². The number of rotatable bonds is 8. The number of ether oxygens (including phenoxy) is 1. The number of guanidine groups is 1. The molecular formula is C22H29IN4O. The zero-order valence-electron chi connectivity index (χ0n) is 16.5. The third-order valence-electron chi connectivity index (χ3n) is 4.65. The molecule has 1 heterocycles. The SMILES string of the molecule is CN=C(NCCCc1cccc(OC)c1)NCCc1c[nH]c2ccccc12.I. The van der Waals surface area contributed by atoms with Crippen LogP contribution in [0.15, 0.2) is 59.7 Å². The Morgan fingerprint density at radius 2 is 1.86 bits per heavy atom. The first-order valence-electron chi connectivity index (χ1n) is 9.42. The number of para-hydroxylation sites is 1. The van der Waals surface area contributed by atoms with Crippen LogP contribution in [0.3, 0.4) is 0 Å². The van der Waals surface area contributed by atoms with Crippen LogP contribution >= 0.6 is 24.0 Å². The second-order valence-electron chi connectivity index (χ2n) is 6.49. The molecule has 150 valence electrons. The lowest BCUT2D eigenvalue weighted by molar-refractivity contribution is 0.414. The molecule has 0 fully saturated rings. The van der Waals surface area contributed by atoms with Crippen molar-refractivity contribution < 1.29 is 4.74 Å². The third-order valence-corrected chi connectivity index (χ3v) is 4.65. The van der Waals surface area contributed by atoms with Crippen LogP contribution in [0.1, 0.15) is 17.5 Å². The maximum absolute atomic E-state index is 5.27. The lowest BCUT2D eigenvalue weighted by atomic mass is 10.1. The monoisotopic (exact) mass is 492 g/mol. The number of halogens is 1. The van der Waals surface area contributed by atoms with Gasteiger partial charge in [-0.25, -0.2) is 0 Å². The molecule has 0 aliphatic carbocycles. The number of hydrogen-bond donors (Lipinski definition) is 3. The van der Waals surface area contributed by atoms with E-state index in [0.29, 0.717) is 0 Å². The Morgan fingerprint density at radius 1 is 1.04 bits per heavy atom. The zero-order chi connectivity index (χ0) is 18.9. The number of aromatic nitrogens is 1. The van der Waals surface area contributed by atoms with Gasteiger partial charge in [-0.15, -0.1) is 24.0 Å². The molecule has 0 saturated heterocycles. The zero-order valence-corrected chi connectivity index (χ0v) is 18.8. The molecule has 0 amide bonds. The van der Waals surface area contributed by atoms with E-state index in [0.717, 1.165) is 44.1 Å². The highest BCUT2D eigenvalue weighted by atomic mass is 127. The van der Waals surface area contributed by atoms with E-state index < -0.39 is 0 Å². The molecule has 28 heavy (non-hydrogen) atoms. The summed E-state index contributed by atoms with van der Waals surface area (Å²) in [6.07, 6.45) is 5.10. The smallest absolute Gasteiger partial charge is 0.190 e. The molecule has 1 aromatic heterocycles. The second-order valence-corrected chi connectivity index (χ2v) is 6.49. The fraction of sp³-hybridized carbons (Fsp3) is 0.318. The quantitative estimate of drug-likeness (QED) is 0.192. The highest BCUT2D eigenvalue weighted by Gasteiger charge is 2.03. The Hall–Kier alpha value is -2.22. The number of benzene rings is 2. The normalized spacial score (nSPS) is 11.1. The van der Waals surface area contributed by atoms with Crippen molar-refractivity contribution >= 4 is 40.8 Å². The van der Waals surface area contributed by atoms with Crippen molar-refractivity contribution in [2.45, 2.75) is 19.3 Å². The minimum absolute atomic E-state index is 0. The van der Waals surface area contributed by atoms with E-state index in [-0.39, 0.29) is 24.0 Å². The molecule has 0 atom stereocenters. The van der Waals surface area contributed by atoms with Gasteiger partial charge in [0.2, 0.25) is 0 Å². The van der Waals surface area contributed by atoms with Gasteiger partial charge in [-0.2, -0.15) is 0 Å². The number of aromatic amines is 1. The van der Waals surface area contributed by atoms with E-state index in [4.69, 9.17) is 4.74 Å². The van der Waals surface area contributed by atoms with Gasteiger partial charge in [0.1, 0.15) is 5.75 Å². The van der Waals surface area contributed by atoms with Gasteiger partial charge in [0.25, 0.3) is 0 Å². The van der Waals surface area contributed by atoms with Crippen LogP contribution in [0.25, 0.3) is 10.9 Å². The summed E-state index contributed by atoms with van der Waals surface area (Å²) in [4.78, 5) is 7.63. The van der Waals surface area contributed by atoms with Crippen molar-refractivity contribution in [1.82, 2.24) is 15.6 Å². The Labute approximate surface area is 184 Å². The summed E-state index contributed by atoms with van der Waals surface area (Å²) >= 11 is 0. The van der Waals surface area contributed by atoms with Gasteiger partial charge < -0.3 is 20.4 Å². The number of nitrogens with zero attached hydrogens (tertiary/aromatic N) is 1. The maximum atomic E-state index is 5.27. The van der Waals surface area contributed by atoms with E-state index in [1.807, 2.05) is 19.2 Å². The molecule has 6 heteroatoms. The fourth-order valence-corrected chi connectivity index (χ4v) is 3.20. The molecule has 0 saturated carbocycles. The summed E-state index contributed by atoms with van der Waals surface area (Å²) in [7, 11) is 3.51. The topological polar surface area (TPSA) is 61.4 Å². The minimum Gasteiger partial charge on any atom is -0.497 e. The first-order valence-corrected chi connectivity index (χ1v) is 9.42. The predicted molar refractivity (Wildman–Crippen MR) is 128 cm³/mol. The molecule has 5 nitrogen and oxygen atoms in total. The maximum Gasteiger partial charge on any atom is 0.190 e. The van der Waals surface area contributed by atoms with Crippen molar-refractivity contribution in [2.24, 2.45) is 4.99 Å². The molecule has 3 aromatic rings. The molecule has 0 bridgehead atoms. The molecule has 0 aliphatic rings. The molecule has 0 aliphatic heterocycles. The third kappa shape index (κ3) is 6.15. The molecule has 2 aromatic carbocycles. The van der Waals surface area contributed by atoms with E-state index >= 15 is 0 Å². The van der Waals surface area contributed by atoms with Gasteiger partial charge in [-0.05, 0) is 48.6 Å². The average molecular weight is 492 g/mol. The van der Waals surface area contributed by atoms with Crippen LogP contribution in [-0.4, -0.2) is 38.2 Å². The van der Waals surface area contributed by atoms with Gasteiger partial charge in [0.05, 0.1) is 7.11 Å². The lowest BCUT2D eigenvalue weighted by Crippen LogP contribution is -2.38. The summed E-state index contributed by atoms with van der Waals surface area (Å²) in [5.41, 5.74) is 3.80. The van der Waals surface area contributed by atoms with E-state index in [9.17, 15) is 0 Å². The molecule has 3 N–H and O–H groups in total. The lowest BCUT2D eigenvalue weighted by Gasteiger charge is -2.12. The predicted octanol–water partition coefficient (Wildman–Crippen LogP) is 4.13. The highest BCUT2D eigenvalue weighted by Crippen LogP contribution is 2.17. The largest absolute Gasteiger partial charge is 0.497 e. The Kier molecular flexibility index (Phi) is 9.13. The summed E-state index contributed by atoms with van der Waals surface area (Å²) < 4.78 is 5.27. The van der Waals surface area contributed by atoms with Crippen LogP contribution < -0.4 is 15.4 Å². The van der Waals surface area contributed by atoms with Crippen LogP contribution in [0.4, 0.5) is 0 Å².